The summed E-state index contributed by atoms with van der Waals surface area (Å²) in [5.41, 5.74) is -0.402. The van der Waals surface area contributed by atoms with Crippen LogP contribution in [0, 0.1) is 0 Å². The maximum atomic E-state index is 11.5. The first kappa shape index (κ1) is 14.2. The number of rotatable bonds is 5. The summed E-state index contributed by atoms with van der Waals surface area (Å²) in [5.74, 6) is -0.168. The van der Waals surface area contributed by atoms with Crippen LogP contribution in [0.15, 0.2) is 12.7 Å². The lowest BCUT2D eigenvalue weighted by Crippen LogP contribution is -2.36. The number of hydrogen-bond acceptors (Lipinski definition) is 3. The predicted molar refractivity (Wildman–Crippen MR) is 62.7 cm³/mol. The standard InChI is InChI=1S/C12H23NO2/c1-7-9(2)13-10(3)8-11(14)15-12(4,5)6/h7,9-10,13H,1,8H2,2-6H3. The van der Waals surface area contributed by atoms with Gasteiger partial charge in [0.05, 0.1) is 6.42 Å². The van der Waals surface area contributed by atoms with Crippen molar-refractivity contribution < 1.29 is 9.53 Å². The molecule has 0 bridgehead atoms. The Hall–Kier alpha value is -0.830. The van der Waals surface area contributed by atoms with Crippen molar-refractivity contribution in [2.45, 2.75) is 58.7 Å². The summed E-state index contributed by atoms with van der Waals surface area (Å²) in [6.07, 6.45) is 2.20. The molecule has 0 aromatic carbocycles. The van der Waals surface area contributed by atoms with E-state index in [9.17, 15) is 4.79 Å². The largest absolute Gasteiger partial charge is 0.460 e. The van der Waals surface area contributed by atoms with Crippen LogP contribution in [-0.4, -0.2) is 23.7 Å². The first-order chi connectivity index (χ1) is 6.74. The number of nitrogens with one attached hydrogen (secondary N) is 1. The van der Waals surface area contributed by atoms with Crippen molar-refractivity contribution in [3.05, 3.63) is 12.7 Å². The number of ether oxygens (including phenoxy) is 1. The fourth-order valence-electron chi connectivity index (χ4n) is 1.21. The molecule has 0 fully saturated rings. The van der Waals surface area contributed by atoms with Crippen LogP contribution >= 0.6 is 0 Å². The molecule has 1 N–H and O–H groups in total. The minimum atomic E-state index is -0.402. The van der Waals surface area contributed by atoms with Crippen molar-refractivity contribution in [1.82, 2.24) is 5.32 Å². The monoisotopic (exact) mass is 213 g/mol. The van der Waals surface area contributed by atoms with E-state index < -0.39 is 5.60 Å². The number of hydrogen-bond donors (Lipinski definition) is 1. The highest BCUT2D eigenvalue weighted by Gasteiger charge is 2.18. The molecule has 0 aliphatic rings. The zero-order valence-electron chi connectivity index (χ0n) is 10.5. The number of carbonyl (C=O) groups is 1. The zero-order valence-corrected chi connectivity index (χ0v) is 10.5. The van der Waals surface area contributed by atoms with Gasteiger partial charge in [-0.2, -0.15) is 0 Å². The summed E-state index contributed by atoms with van der Waals surface area (Å²) < 4.78 is 5.22. The van der Waals surface area contributed by atoms with Gasteiger partial charge in [0.25, 0.3) is 0 Å². The van der Waals surface area contributed by atoms with Gasteiger partial charge in [0.2, 0.25) is 0 Å². The van der Waals surface area contributed by atoms with Crippen LogP contribution in [0.2, 0.25) is 0 Å². The van der Waals surface area contributed by atoms with Gasteiger partial charge in [-0.3, -0.25) is 4.79 Å². The van der Waals surface area contributed by atoms with E-state index in [4.69, 9.17) is 4.74 Å². The smallest absolute Gasteiger partial charge is 0.307 e. The maximum Gasteiger partial charge on any atom is 0.307 e. The molecule has 0 rings (SSSR count). The topological polar surface area (TPSA) is 38.3 Å². The van der Waals surface area contributed by atoms with Crippen molar-refractivity contribution in [3.63, 3.8) is 0 Å². The molecule has 0 spiro atoms. The second-order valence-electron chi connectivity index (χ2n) is 4.88. The second-order valence-corrected chi connectivity index (χ2v) is 4.88. The molecule has 2 atom stereocenters. The van der Waals surface area contributed by atoms with E-state index in [2.05, 4.69) is 11.9 Å². The van der Waals surface area contributed by atoms with Crippen LogP contribution < -0.4 is 5.32 Å². The van der Waals surface area contributed by atoms with Crippen molar-refractivity contribution in [2.75, 3.05) is 0 Å². The third-order valence-electron chi connectivity index (χ3n) is 1.79. The molecule has 88 valence electrons. The van der Waals surface area contributed by atoms with Crippen LogP contribution in [0.25, 0.3) is 0 Å². The van der Waals surface area contributed by atoms with Crippen LogP contribution in [0.3, 0.4) is 0 Å². The van der Waals surface area contributed by atoms with Crippen LogP contribution in [0.1, 0.15) is 41.0 Å². The molecule has 0 aromatic heterocycles. The summed E-state index contributed by atoms with van der Waals surface area (Å²) in [7, 11) is 0. The molecular formula is C12H23NO2. The van der Waals surface area contributed by atoms with E-state index >= 15 is 0 Å². The minimum Gasteiger partial charge on any atom is -0.460 e. The molecule has 0 saturated heterocycles. The summed E-state index contributed by atoms with van der Waals surface area (Å²) >= 11 is 0. The van der Waals surface area contributed by atoms with Crippen LogP contribution in [0.5, 0.6) is 0 Å². The summed E-state index contributed by atoms with van der Waals surface area (Å²) in [4.78, 5) is 11.5. The highest BCUT2D eigenvalue weighted by Crippen LogP contribution is 2.09. The van der Waals surface area contributed by atoms with Gasteiger partial charge in [0.15, 0.2) is 0 Å². The highest BCUT2D eigenvalue weighted by atomic mass is 16.6. The normalized spacial score (nSPS) is 15.5. The molecule has 0 amide bonds. The van der Waals surface area contributed by atoms with Crippen molar-refractivity contribution in [2.24, 2.45) is 0 Å². The number of esters is 1. The Balaban J connectivity index is 3.91. The summed E-state index contributed by atoms with van der Waals surface area (Å²) in [5, 5.41) is 3.23. The zero-order chi connectivity index (χ0) is 12.1. The first-order valence-corrected chi connectivity index (χ1v) is 5.35. The summed E-state index contributed by atoms with van der Waals surface area (Å²) in [6, 6.07) is 0.315. The molecular weight excluding hydrogens is 190 g/mol. The average molecular weight is 213 g/mol. The third kappa shape index (κ3) is 8.18. The van der Waals surface area contributed by atoms with Crippen LogP contribution in [-0.2, 0) is 9.53 Å². The molecule has 0 aliphatic carbocycles. The van der Waals surface area contributed by atoms with Gasteiger partial charge in [0, 0.05) is 12.1 Å². The molecule has 15 heavy (non-hydrogen) atoms. The van der Waals surface area contributed by atoms with Gasteiger partial charge in [-0.05, 0) is 34.6 Å². The molecule has 0 heterocycles. The van der Waals surface area contributed by atoms with E-state index in [1.165, 1.54) is 0 Å². The Labute approximate surface area is 92.9 Å². The van der Waals surface area contributed by atoms with Crippen LogP contribution in [0.4, 0.5) is 0 Å². The maximum absolute atomic E-state index is 11.5. The predicted octanol–water partition coefficient (Wildman–Crippen LogP) is 2.27. The highest BCUT2D eigenvalue weighted by molar-refractivity contribution is 5.70. The quantitative estimate of drug-likeness (QED) is 0.562. The second kappa shape index (κ2) is 5.91. The molecule has 2 unspecified atom stereocenters. The van der Waals surface area contributed by atoms with Gasteiger partial charge >= 0.3 is 5.97 Å². The molecule has 3 nitrogen and oxygen atoms in total. The minimum absolute atomic E-state index is 0.104. The summed E-state index contributed by atoms with van der Waals surface area (Å²) in [6.45, 7) is 13.2. The van der Waals surface area contributed by atoms with Crippen molar-refractivity contribution in [3.8, 4) is 0 Å². The fourth-order valence-corrected chi connectivity index (χ4v) is 1.21. The lowest BCUT2D eigenvalue weighted by molar-refractivity contribution is -0.155. The van der Waals surface area contributed by atoms with E-state index in [1.54, 1.807) is 0 Å². The Bertz CT molecular complexity index is 218. The van der Waals surface area contributed by atoms with Gasteiger partial charge in [-0.15, -0.1) is 6.58 Å². The molecule has 3 heteroatoms. The Morgan fingerprint density at radius 2 is 2.00 bits per heavy atom. The van der Waals surface area contributed by atoms with E-state index in [-0.39, 0.29) is 18.1 Å². The lowest BCUT2D eigenvalue weighted by atomic mass is 10.1. The molecule has 0 aliphatic heterocycles. The van der Waals surface area contributed by atoms with Crippen molar-refractivity contribution in [1.29, 1.82) is 0 Å². The Morgan fingerprint density at radius 3 is 2.40 bits per heavy atom. The van der Waals surface area contributed by atoms with E-state index in [1.807, 2.05) is 40.7 Å². The molecule has 0 radical (unpaired) electrons. The third-order valence-corrected chi connectivity index (χ3v) is 1.79. The fraction of sp³-hybridized carbons (Fsp3) is 0.750. The van der Waals surface area contributed by atoms with E-state index in [0.29, 0.717) is 6.42 Å². The first-order valence-electron chi connectivity index (χ1n) is 5.35. The van der Waals surface area contributed by atoms with Gasteiger partial charge in [-0.25, -0.2) is 0 Å². The molecule has 0 saturated carbocycles. The number of carbonyl (C=O) groups excluding carboxylic acids is 1. The molecule has 0 aromatic rings. The Morgan fingerprint density at radius 1 is 1.47 bits per heavy atom. The van der Waals surface area contributed by atoms with Crippen molar-refractivity contribution >= 4 is 5.97 Å². The Kier molecular flexibility index (Phi) is 5.58. The lowest BCUT2D eigenvalue weighted by Gasteiger charge is -2.22. The van der Waals surface area contributed by atoms with E-state index in [0.717, 1.165) is 0 Å². The average Bonchev–Trinajstić information content (AvgIpc) is 1.99. The van der Waals surface area contributed by atoms with Gasteiger partial charge < -0.3 is 10.1 Å². The SMILES string of the molecule is C=CC(C)NC(C)CC(=O)OC(C)(C)C. The van der Waals surface area contributed by atoms with Gasteiger partial charge in [0.1, 0.15) is 5.60 Å². The van der Waals surface area contributed by atoms with Gasteiger partial charge in [-0.1, -0.05) is 6.08 Å².